The number of nitrogens with zero attached hydrogens (tertiary/aromatic N) is 2. The Balaban J connectivity index is 1.42. The predicted octanol–water partition coefficient (Wildman–Crippen LogP) is 2.72. The Morgan fingerprint density at radius 2 is 1.69 bits per heavy atom. The summed E-state index contributed by atoms with van der Waals surface area (Å²) in [5.41, 5.74) is 2.57. The molecule has 1 fully saturated rings. The van der Waals surface area contributed by atoms with Gasteiger partial charge in [0.2, 0.25) is 5.91 Å². The first-order valence-corrected chi connectivity index (χ1v) is 10.6. The van der Waals surface area contributed by atoms with Gasteiger partial charge < -0.3 is 19.8 Å². The largest absolute Gasteiger partial charge is 0.496 e. The fourth-order valence-corrected chi connectivity index (χ4v) is 4.09. The monoisotopic (exact) mass is 436 g/mol. The van der Waals surface area contributed by atoms with E-state index in [0.29, 0.717) is 22.3 Å². The van der Waals surface area contributed by atoms with Gasteiger partial charge in [-0.05, 0) is 17.7 Å². The van der Waals surface area contributed by atoms with Crippen LogP contribution in [0.15, 0.2) is 48.5 Å². The Morgan fingerprint density at radius 1 is 0.969 bits per heavy atom. The summed E-state index contributed by atoms with van der Waals surface area (Å²) >= 11 is 0. The van der Waals surface area contributed by atoms with Crippen LogP contribution in [0, 0.1) is 0 Å². The number of carbonyl (C=O) groups excluding carboxylic acids is 2. The van der Waals surface area contributed by atoms with Crippen molar-refractivity contribution in [2.45, 2.75) is 6.54 Å². The third-order valence-corrected chi connectivity index (χ3v) is 5.74. The third kappa shape index (κ3) is 4.76. The summed E-state index contributed by atoms with van der Waals surface area (Å²) in [6.07, 6.45) is 0. The Morgan fingerprint density at radius 3 is 2.38 bits per heavy atom. The Bertz CT molecular complexity index is 1090. The van der Waals surface area contributed by atoms with Crippen LogP contribution < -0.4 is 10.1 Å². The molecule has 2 heterocycles. The Hall–Kier alpha value is -3.36. The first kappa shape index (κ1) is 21.9. The van der Waals surface area contributed by atoms with E-state index in [9.17, 15) is 9.59 Å². The van der Waals surface area contributed by atoms with E-state index in [0.717, 1.165) is 32.7 Å². The molecule has 0 aliphatic carbocycles. The number of carbonyl (C=O) groups is 2. The number of esters is 1. The van der Waals surface area contributed by atoms with Gasteiger partial charge in [0.25, 0.3) is 0 Å². The molecule has 1 amide bonds. The topological polar surface area (TPSA) is 86.9 Å². The van der Waals surface area contributed by atoms with Crippen molar-refractivity contribution >= 4 is 28.5 Å². The molecular weight excluding hydrogens is 408 g/mol. The minimum Gasteiger partial charge on any atom is -0.496 e. The molecular formula is C24H28N4O4. The number of hydrogen-bond donors (Lipinski definition) is 2. The van der Waals surface area contributed by atoms with Gasteiger partial charge in [-0.1, -0.05) is 36.4 Å². The third-order valence-electron chi connectivity index (χ3n) is 5.74. The van der Waals surface area contributed by atoms with Crippen molar-refractivity contribution in [3.05, 3.63) is 59.8 Å². The van der Waals surface area contributed by atoms with Crippen molar-refractivity contribution in [2.75, 3.05) is 52.3 Å². The second-order valence-electron chi connectivity index (χ2n) is 7.84. The normalized spacial score (nSPS) is 14.9. The number of rotatable bonds is 7. The molecule has 1 aliphatic rings. The molecule has 0 saturated carbocycles. The summed E-state index contributed by atoms with van der Waals surface area (Å²) in [4.78, 5) is 32.7. The number of hydrogen-bond acceptors (Lipinski definition) is 6. The van der Waals surface area contributed by atoms with Gasteiger partial charge >= 0.3 is 5.97 Å². The van der Waals surface area contributed by atoms with Crippen LogP contribution in [-0.2, 0) is 16.1 Å². The van der Waals surface area contributed by atoms with Gasteiger partial charge in [0, 0.05) is 32.7 Å². The maximum absolute atomic E-state index is 12.9. The van der Waals surface area contributed by atoms with E-state index in [1.165, 1.54) is 12.7 Å². The van der Waals surface area contributed by atoms with Gasteiger partial charge in [-0.2, -0.15) is 0 Å². The first-order valence-electron chi connectivity index (χ1n) is 10.6. The molecule has 2 N–H and O–H groups in total. The summed E-state index contributed by atoms with van der Waals surface area (Å²) < 4.78 is 10.3. The molecule has 1 saturated heterocycles. The molecule has 32 heavy (non-hydrogen) atoms. The van der Waals surface area contributed by atoms with Crippen LogP contribution >= 0.6 is 0 Å². The van der Waals surface area contributed by atoms with Gasteiger partial charge in [-0.3, -0.25) is 14.6 Å². The smallest absolute Gasteiger partial charge is 0.356 e. The summed E-state index contributed by atoms with van der Waals surface area (Å²) in [7, 11) is 2.87. The lowest BCUT2D eigenvalue weighted by Crippen LogP contribution is -2.48. The summed E-state index contributed by atoms with van der Waals surface area (Å²) in [6.45, 7) is 4.58. The van der Waals surface area contributed by atoms with Gasteiger partial charge in [0.05, 0.1) is 37.4 Å². The lowest BCUT2D eigenvalue weighted by molar-refractivity contribution is -0.117. The maximum Gasteiger partial charge on any atom is 0.356 e. The number of methoxy groups -OCH3 is 2. The lowest BCUT2D eigenvalue weighted by Gasteiger charge is -2.34. The maximum atomic E-state index is 12.9. The number of amides is 1. The molecule has 1 aliphatic heterocycles. The fraction of sp³-hybridized carbons (Fsp3) is 0.333. The highest BCUT2D eigenvalue weighted by Crippen LogP contribution is 2.35. The van der Waals surface area contributed by atoms with E-state index >= 15 is 0 Å². The minimum atomic E-state index is -0.548. The summed E-state index contributed by atoms with van der Waals surface area (Å²) in [5.74, 6) is -0.162. The van der Waals surface area contributed by atoms with Crippen LogP contribution in [0.25, 0.3) is 10.9 Å². The van der Waals surface area contributed by atoms with Gasteiger partial charge in [0.15, 0.2) is 0 Å². The molecule has 0 bridgehead atoms. The Kier molecular flexibility index (Phi) is 6.72. The highest BCUT2D eigenvalue weighted by atomic mass is 16.5. The van der Waals surface area contributed by atoms with E-state index in [1.807, 2.05) is 18.2 Å². The van der Waals surface area contributed by atoms with Crippen LogP contribution in [0.5, 0.6) is 5.75 Å². The highest BCUT2D eigenvalue weighted by molar-refractivity contribution is 6.13. The van der Waals surface area contributed by atoms with E-state index in [1.54, 1.807) is 13.2 Å². The second-order valence-corrected chi connectivity index (χ2v) is 7.84. The number of fused-ring (bicyclic) bond motifs is 1. The Labute approximate surface area is 187 Å². The number of aromatic amines is 1. The average molecular weight is 437 g/mol. The number of aromatic nitrogens is 1. The summed E-state index contributed by atoms with van der Waals surface area (Å²) in [5, 5.41) is 3.57. The van der Waals surface area contributed by atoms with Gasteiger partial charge in [-0.25, -0.2) is 4.79 Å². The average Bonchev–Trinajstić information content (AvgIpc) is 3.19. The molecule has 8 nitrogen and oxygen atoms in total. The number of anilines is 1. The van der Waals surface area contributed by atoms with Crippen molar-refractivity contribution in [1.82, 2.24) is 14.8 Å². The molecule has 8 heteroatoms. The number of H-pyrrole nitrogens is 1. The lowest BCUT2D eigenvalue weighted by atomic mass is 10.2. The molecule has 4 rings (SSSR count). The zero-order valence-corrected chi connectivity index (χ0v) is 18.4. The fourth-order valence-electron chi connectivity index (χ4n) is 4.09. The SMILES string of the molecule is COC(=O)c1[nH]c2cccc(OC)c2c1NC(=O)CN1CCN(Cc2ccccc2)CC1. The molecule has 2 aromatic carbocycles. The van der Waals surface area contributed by atoms with Crippen LogP contribution in [0.1, 0.15) is 16.1 Å². The van der Waals surface area contributed by atoms with Crippen LogP contribution in [0.2, 0.25) is 0 Å². The molecule has 1 aromatic heterocycles. The standard InChI is InChI=1S/C24H28N4O4/c1-31-19-10-6-9-18-21(19)22(23(25-18)24(30)32-2)26-20(29)16-28-13-11-27(12-14-28)15-17-7-4-3-5-8-17/h3-10,25H,11-16H2,1-2H3,(H,26,29). The zero-order valence-electron chi connectivity index (χ0n) is 18.4. The van der Waals surface area contributed by atoms with Crippen molar-refractivity contribution in [3.63, 3.8) is 0 Å². The number of nitrogens with one attached hydrogen (secondary N) is 2. The van der Waals surface area contributed by atoms with E-state index < -0.39 is 5.97 Å². The highest BCUT2D eigenvalue weighted by Gasteiger charge is 2.24. The van der Waals surface area contributed by atoms with Crippen molar-refractivity contribution < 1.29 is 19.1 Å². The van der Waals surface area contributed by atoms with Gasteiger partial charge in [0.1, 0.15) is 11.4 Å². The molecule has 0 spiro atoms. The molecule has 3 aromatic rings. The molecule has 168 valence electrons. The van der Waals surface area contributed by atoms with E-state index in [-0.39, 0.29) is 18.1 Å². The number of piperazine rings is 1. The van der Waals surface area contributed by atoms with Crippen LogP contribution in [-0.4, -0.2) is 73.6 Å². The summed E-state index contributed by atoms with van der Waals surface area (Å²) in [6, 6.07) is 15.8. The van der Waals surface area contributed by atoms with Crippen molar-refractivity contribution in [1.29, 1.82) is 0 Å². The van der Waals surface area contributed by atoms with Crippen LogP contribution in [0.3, 0.4) is 0 Å². The molecule has 0 atom stereocenters. The van der Waals surface area contributed by atoms with Crippen molar-refractivity contribution in [3.8, 4) is 5.75 Å². The quantitative estimate of drug-likeness (QED) is 0.554. The second kappa shape index (κ2) is 9.84. The zero-order chi connectivity index (χ0) is 22.5. The molecule has 0 radical (unpaired) electrons. The minimum absolute atomic E-state index is 0.182. The van der Waals surface area contributed by atoms with Gasteiger partial charge in [-0.15, -0.1) is 0 Å². The number of ether oxygens (including phenoxy) is 2. The predicted molar refractivity (Wildman–Crippen MR) is 123 cm³/mol. The van der Waals surface area contributed by atoms with Crippen LogP contribution in [0.4, 0.5) is 5.69 Å². The first-order chi connectivity index (χ1) is 15.6. The van der Waals surface area contributed by atoms with E-state index in [4.69, 9.17) is 9.47 Å². The molecule has 0 unspecified atom stereocenters. The van der Waals surface area contributed by atoms with E-state index in [2.05, 4.69) is 44.4 Å². The number of benzene rings is 2. The van der Waals surface area contributed by atoms with Crippen molar-refractivity contribution in [2.24, 2.45) is 0 Å².